The second-order valence-corrected chi connectivity index (χ2v) is 2.86. The lowest BCUT2D eigenvalue weighted by atomic mass is 10.3. The number of nitrogens with zero attached hydrogens (tertiary/aromatic N) is 1. The van der Waals surface area contributed by atoms with Crippen molar-refractivity contribution in [2.45, 2.75) is 0 Å². The van der Waals surface area contributed by atoms with Crippen LogP contribution in [0.25, 0.3) is 0 Å². The van der Waals surface area contributed by atoms with Gasteiger partial charge in [-0.05, 0) is 12.1 Å². The number of rotatable bonds is 1. The van der Waals surface area contributed by atoms with Gasteiger partial charge in [0.25, 0.3) is 0 Å². The fourth-order valence-electron chi connectivity index (χ4n) is 0.669. The minimum absolute atomic E-state index is 0.667. The summed E-state index contributed by atoms with van der Waals surface area (Å²) < 4.78 is 1.14. The van der Waals surface area contributed by atoms with Crippen LogP contribution in [0.15, 0.2) is 30.3 Å². The summed E-state index contributed by atoms with van der Waals surface area (Å²) in [5.41, 5.74) is 0.667. The number of carbonyl (C=O) groups is 1. The fourth-order valence-corrected chi connectivity index (χ4v) is 0.991. The average Bonchev–Trinajstić information content (AvgIpc) is 2.05. The second-order valence-electron chi connectivity index (χ2n) is 1.90. The molecule has 1 N–H and O–H groups in total. The lowest BCUT2D eigenvalue weighted by molar-refractivity contribution is 0.207. The number of para-hydroxylation sites is 1. The molecule has 3 nitrogen and oxygen atoms in total. The highest BCUT2D eigenvalue weighted by Crippen LogP contribution is 2.16. The van der Waals surface area contributed by atoms with E-state index in [-0.39, 0.29) is 0 Å². The Bertz CT molecular complexity index is 250. The van der Waals surface area contributed by atoms with Gasteiger partial charge in [-0.1, -0.05) is 18.2 Å². The molecule has 11 heavy (non-hydrogen) atoms. The van der Waals surface area contributed by atoms with Gasteiger partial charge in [0, 0.05) is 0 Å². The first-order chi connectivity index (χ1) is 5.22. The number of benzene rings is 1. The molecule has 0 unspecified atom stereocenters. The monoisotopic (exact) mass is 263 g/mol. The van der Waals surface area contributed by atoms with Crippen molar-refractivity contribution < 1.29 is 9.90 Å². The van der Waals surface area contributed by atoms with E-state index in [0.717, 1.165) is 3.11 Å². The average molecular weight is 263 g/mol. The number of hydrogen-bond acceptors (Lipinski definition) is 1. The van der Waals surface area contributed by atoms with Gasteiger partial charge >= 0.3 is 6.09 Å². The summed E-state index contributed by atoms with van der Waals surface area (Å²) in [6.45, 7) is 0. The highest BCUT2D eigenvalue weighted by atomic mass is 127. The van der Waals surface area contributed by atoms with Crippen LogP contribution in [-0.2, 0) is 0 Å². The van der Waals surface area contributed by atoms with Crippen molar-refractivity contribution in [1.29, 1.82) is 0 Å². The van der Waals surface area contributed by atoms with Crippen LogP contribution in [0.3, 0.4) is 0 Å². The molecule has 0 spiro atoms. The topological polar surface area (TPSA) is 40.5 Å². The Morgan fingerprint density at radius 3 is 2.36 bits per heavy atom. The molecule has 0 aliphatic heterocycles. The van der Waals surface area contributed by atoms with E-state index >= 15 is 0 Å². The van der Waals surface area contributed by atoms with E-state index in [1.165, 1.54) is 0 Å². The molecule has 1 aromatic carbocycles. The molecule has 1 amide bonds. The molecule has 0 atom stereocenters. The Kier molecular flexibility index (Phi) is 2.70. The van der Waals surface area contributed by atoms with Crippen molar-refractivity contribution >= 4 is 34.6 Å². The highest BCUT2D eigenvalue weighted by molar-refractivity contribution is 14.1. The van der Waals surface area contributed by atoms with Crippen molar-refractivity contribution in [2.75, 3.05) is 3.11 Å². The molecule has 0 saturated heterocycles. The van der Waals surface area contributed by atoms with Crippen molar-refractivity contribution in [3.8, 4) is 0 Å². The van der Waals surface area contributed by atoms with E-state index in [1.54, 1.807) is 47.1 Å². The molecule has 0 bridgehead atoms. The van der Waals surface area contributed by atoms with Crippen LogP contribution >= 0.6 is 22.9 Å². The highest BCUT2D eigenvalue weighted by Gasteiger charge is 2.08. The van der Waals surface area contributed by atoms with E-state index < -0.39 is 6.09 Å². The predicted octanol–water partition coefficient (Wildman–Crippen LogP) is 2.52. The first-order valence-corrected chi connectivity index (χ1v) is 3.92. The first-order valence-electron chi connectivity index (χ1n) is 2.95. The zero-order valence-electron chi connectivity index (χ0n) is 5.57. The molecule has 4 heteroatoms. The molecule has 0 fully saturated rings. The SMILES string of the molecule is O=C(O)N(I)c1ccccc1. The van der Waals surface area contributed by atoms with Crippen molar-refractivity contribution in [1.82, 2.24) is 0 Å². The molecule has 0 heterocycles. The number of halogens is 1. The van der Waals surface area contributed by atoms with Crippen molar-refractivity contribution in [3.05, 3.63) is 30.3 Å². The van der Waals surface area contributed by atoms with Crippen LogP contribution in [-0.4, -0.2) is 11.2 Å². The third-order valence-corrected chi connectivity index (χ3v) is 2.12. The maximum atomic E-state index is 10.4. The number of amides is 1. The summed E-state index contributed by atoms with van der Waals surface area (Å²) in [6, 6.07) is 8.91. The van der Waals surface area contributed by atoms with Gasteiger partial charge in [-0.2, -0.15) is 0 Å². The normalized spacial score (nSPS) is 9.18. The molecule has 1 rings (SSSR count). The maximum Gasteiger partial charge on any atom is 0.420 e. The van der Waals surface area contributed by atoms with Crippen LogP contribution in [0.1, 0.15) is 0 Å². The van der Waals surface area contributed by atoms with E-state index in [2.05, 4.69) is 0 Å². The number of anilines is 1. The molecule has 0 radical (unpaired) electrons. The predicted molar refractivity (Wildman–Crippen MR) is 51.0 cm³/mol. The van der Waals surface area contributed by atoms with E-state index in [9.17, 15) is 4.79 Å². The fraction of sp³-hybridized carbons (Fsp3) is 0. The van der Waals surface area contributed by atoms with Crippen LogP contribution in [0.2, 0.25) is 0 Å². The van der Waals surface area contributed by atoms with Crippen molar-refractivity contribution in [2.24, 2.45) is 0 Å². The van der Waals surface area contributed by atoms with E-state index in [1.807, 2.05) is 6.07 Å². The summed E-state index contributed by atoms with van der Waals surface area (Å²) in [7, 11) is 0. The maximum absolute atomic E-state index is 10.4. The standard InChI is InChI=1S/C7H6INO2/c8-9(7(10)11)6-4-2-1-3-5-6/h1-5H,(H,10,11). The number of carboxylic acid groups (broad SMARTS) is 1. The van der Waals surface area contributed by atoms with Crippen LogP contribution in [0.4, 0.5) is 10.5 Å². The van der Waals surface area contributed by atoms with Gasteiger partial charge in [-0.25, -0.2) is 7.91 Å². The minimum Gasteiger partial charge on any atom is -0.464 e. The summed E-state index contributed by atoms with van der Waals surface area (Å²) in [4.78, 5) is 10.4. The molecular weight excluding hydrogens is 257 g/mol. The van der Waals surface area contributed by atoms with Gasteiger partial charge in [0.15, 0.2) is 0 Å². The van der Waals surface area contributed by atoms with Crippen molar-refractivity contribution in [3.63, 3.8) is 0 Å². The molecular formula is C7H6INO2. The van der Waals surface area contributed by atoms with Gasteiger partial charge in [-0.15, -0.1) is 0 Å². The first kappa shape index (κ1) is 8.32. The Hall–Kier alpha value is -0.780. The lowest BCUT2D eigenvalue weighted by Gasteiger charge is -2.08. The van der Waals surface area contributed by atoms with Crippen LogP contribution in [0.5, 0.6) is 0 Å². The summed E-state index contributed by atoms with van der Waals surface area (Å²) in [5, 5.41) is 8.55. The molecule has 1 aromatic rings. The van der Waals surface area contributed by atoms with Gasteiger partial charge in [0.2, 0.25) is 0 Å². The van der Waals surface area contributed by atoms with Crippen LogP contribution in [0, 0.1) is 0 Å². The van der Waals surface area contributed by atoms with E-state index in [0.29, 0.717) is 5.69 Å². The third-order valence-electron chi connectivity index (χ3n) is 1.15. The molecule has 0 saturated carbocycles. The molecule has 0 aliphatic rings. The lowest BCUT2D eigenvalue weighted by Crippen LogP contribution is -2.16. The third kappa shape index (κ3) is 2.07. The molecule has 58 valence electrons. The van der Waals surface area contributed by atoms with Gasteiger partial charge in [-0.3, -0.25) is 0 Å². The van der Waals surface area contributed by atoms with Crippen LogP contribution < -0.4 is 3.11 Å². The Morgan fingerprint density at radius 2 is 1.91 bits per heavy atom. The number of hydrogen-bond donors (Lipinski definition) is 1. The second kappa shape index (κ2) is 3.56. The quantitative estimate of drug-likeness (QED) is 0.624. The van der Waals surface area contributed by atoms with Gasteiger partial charge in [0.1, 0.15) is 0 Å². The molecule has 0 aromatic heterocycles. The largest absolute Gasteiger partial charge is 0.464 e. The van der Waals surface area contributed by atoms with Gasteiger partial charge < -0.3 is 5.11 Å². The van der Waals surface area contributed by atoms with E-state index in [4.69, 9.17) is 5.11 Å². The summed E-state index contributed by atoms with van der Waals surface area (Å²) in [5.74, 6) is 0. The minimum atomic E-state index is -0.961. The Morgan fingerprint density at radius 1 is 1.36 bits per heavy atom. The molecule has 0 aliphatic carbocycles. The summed E-state index contributed by atoms with van der Waals surface area (Å²) in [6.07, 6.45) is -0.961. The zero-order valence-corrected chi connectivity index (χ0v) is 7.72. The van der Waals surface area contributed by atoms with Gasteiger partial charge in [0.05, 0.1) is 28.6 Å². The Labute approximate surface area is 78.1 Å². The summed E-state index contributed by atoms with van der Waals surface area (Å²) >= 11 is 1.73. The zero-order chi connectivity index (χ0) is 8.27. The smallest absolute Gasteiger partial charge is 0.420 e. The Balaban J connectivity index is 2.85.